The summed E-state index contributed by atoms with van der Waals surface area (Å²) in [5.41, 5.74) is 1.85. The van der Waals surface area contributed by atoms with Gasteiger partial charge in [0.05, 0.1) is 12.5 Å². The third kappa shape index (κ3) is 2.86. The first-order valence-corrected chi connectivity index (χ1v) is 8.16. The molecule has 0 fully saturated rings. The molecule has 1 aliphatic carbocycles. The fourth-order valence-corrected chi connectivity index (χ4v) is 3.01. The SMILES string of the molecule is COc1ccc(C2(C)C(=O)C(C)=C(C)C(OC(=O)CCl)=C2C)cc1. The molecule has 1 aromatic carbocycles. The van der Waals surface area contributed by atoms with E-state index in [-0.39, 0.29) is 11.7 Å². The second-order valence-corrected chi connectivity index (χ2v) is 6.26. The van der Waals surface area contributed by atoms with Crippen molar-refractivity contribution in [2.24, 2.45) is 0 Å². The molecule has 4 nitrogen and oxygen atoms in total. The van der Waals surface area contributed by atoms with Gasteiger partial charge in [-0.05, 0) is 62.1 Å². The van der Waals surface area contributed by atoms with Crippen LogP contribution >= 0.6 is 11.6 Å². The Labute approximate surface area is 147 Å². The van der Waals surface area contributed by atoms with Crippen molar-refractivity contribution in [3.63, 3.8) is 0 Å². The van der Waals surface area contributed by atoms with Crippen molar-refractivity contribution >= 4 is 23.4 Å². The molecule has 128 valence electrons. The minimum Gasteiger partial charge on any atom is -0.497 e. The summed E-state index contributed by atoms with van der Waals surface area (Å²) in [6, 6.07) is 7.34. The summed E-state index contributed by atoms with van der Waals surface area (Å²) in [5, 5.41) is 0. The van der Waals surface area contributed by atoms with Crippen molar-refractivity contribution < 1.29 is 19.1 Å². The quantitative estimate of drug-likeness (QED) is 0.611. The van der Waals surface area contributed by atoms with Gasteiger partial charge in [0.2, 0.25) is 0 Å². The number of methoxy groups -OCH3 is 1. The number of carbonyl (C=O) groups excluding carboxylic acids is 2. The van der Waals surface area contributed by atoms with E-state index in [9.17, 15) is 9.59 Å². The van der Waals surface area contributed by atoms with Gasteiger partial charge in [-0.15, -0.1) is 11.6 Å². The Balaban J connectivity index is 2.62. The number of benzene rings is 1. The molecule has 2 rings (SSSR count). The van der Waals surface area contributed by atoms with Crippen molar-refractivity contribution in [1.82, 2.24) is 0 Å². The summed E-state index contributed by atoms with van der Waals surface area (Å²) in [6.45, 7) is 7.19. The predicted octanol–water partition coefficient (Wildman–Crippen LogP) is 3.93. The van der Waals surface area contributed by atoms with Crippen LogP contribution in [-0.4, -0.2) is 24.7 Å². The number of Topliss-reactive ketones (excluding diaryl/α,β-unsaturated/α-hetero) is 1. The van der Waals surface area contributed by atoms with Gasteiger partial charge in [-0.3, -0.25) is 9.59 Å². The van der Waals surface area contributed by atoms with Crippen LogP contribution in [-0.2, 0) is 19.7 Å². The molecule has 0 N–H and O–H groups in total. The van der Waals surface area contributed by atoms with Crippen molar-refractivity contribution in [1.29, 1.82) is 0 Å². The average molecular weight is 349 g/mol. The first kappa shape index (κ1) is 18.3. The zero-order chi connectivity index (χ0) is 18.1. The van der Waals surface area contributed by atoms with E-state index in [0.717, 1.165) is 5.56 Å². The van der Waals surface area contributed by atoms with Crippen LogP contribution in [0.2, 0.25) is 0 Å². The Kier molecular flexibility index (Phi) is 5.19. The minimum atomic E-state index is -0.905. The number of carbonyl (C=O) groups is 2. The summed E-state index contributed by atoms with van der Waals surface area (Å²) >= 11 is 5.56. The first-order valence-electron chi connectivity index (χ1n) is 7.62. The number of alkyl halides is 1. The molecule has 0 aliphatic heterocycles. The van der Waals surface area contributed by atoms with E-state index in [0.29, 0.717) is 28.2 Å². The van der Waals surface area contributed by atoms with Crippen molar-refractivity contribution in [3.8, 4) is 5.75 Å². The molecule has 1 aliphatic rings. The molecule has 0 heterocycles. The molecule has 5 heteroatoms. The molecule has 24 heavy (non-hydrogen) atoms. The van der Waals surface area contributed by atoms with E-state index in [1.807, 2.05) is 38.1 Å². The molecule has 0 bridgehead atoms. The summed E-state index contributed by atoms with van der Waals surface area (Å²) in [5.74, 6) is 0.356. The first-order chi connectivity index (χ1) is 11.3. The van der Waals surface area contributed by atoms with E-state index >= 15 is 0 Å². The number of hydrogen-bond donors (Lipinski definition) is 0. The standard InChI is InChI=1S/C19H21ClO4/c1-11-12(2)18(22)19(4,13(3)17(11)24-16(21)10-20)14-6-8-15(23-5)9-7-14/h6-9H,10H2,1-5H3. The molecule has 1 aromatic rings. The second-order valence-electron chi connectivity index (χ2n) is 5.99. The number of ether oxygens (including phenoxy) is 2. The summed E-state index contributed by atoms with van der Waals surface area (Å²) in [4.78, 5) is 24.7. The lowest BCUT2D eigenvalue weighted by molar-refractivity contribution is -0.136. The average Bonchev–Trinajstić information content (AvgIpc) is 2.61. The molecule has 0 amide bonds. The van der Waals surface area contributed by atoms with Gasteiger partial charge < -0.3 is 9.47 Å². The maximum absolute atomic E-state index is 13.0. The van der Waals surface area contributed by atoms with E-state index in [1.54, 1.807) is 21.0 Å². The fraction of sp³-hybridized carbons (Fsp3) is 0.368. The Hall–Kier alpha value is -2.07. The van der Waals surface area contributed by atoms with Crippen LogP contribution in [0, 0.1) is 0 Å². The second kappa shape index (κ2) is 6.81. The largest absolute Gasteiger partial charge is 0.497 e. The van der Waals surface area contributed by atoms with Gasteiger partial charge in [0.15, 0.2) is 5.78 Å². The van der Waals surface area contributed by atoms with E-state index in [4.69, 9.17) is 21.1 Å². The van der Waals surface area contributed by atoms with Crippen molar-refractivity contribution in [2.75, 3.05) is 13.0 Å². The van der Waals surface area contributed by atoms with Gasteiger partial charge in [0.25, 0.3) is 0 Å². The summed E-state index contributed by atoms with van der Waals surface area (Å²) < 4.78 is 10.6. The monoisotopic (exact) mass is 348 g/mol. The molecule has 0 radical (unpaired) electrons. The Morgan fingerprint density at radius 3 is 2.21 bits per heavy atom. The highest BCUT2D eigenvalue weighted by Crippen LogP contribution is 2.43. The molecule has 0 saturated carbocycles. The van der Waals surface area contributed by atoms with E-state index in [1.165, 1.54) is 0 Å². The molecule has 1 unspecified atom stereocenters. The van der Waals surface area contributed by atoms with Crippen LogP contribution in [0.4, 0.5) is 0 Å². The molecule has 0 aromatic heterocycles. The van der Waals surface area contributed by atoms with Crippen LogP contribution in [0.25, 0.3) is 0 Å². The topological polar surface area (TPSA) is 52.6 Å². The lowest BCUT2D eigenvalue weighted by Crippen LogP contribution is -2.39. The maximum atomic E-state index is 13.0. The highest BCUT2D eigenvalue weighted by atomic mass is 35.5. The summed E-state index contributed by atoms with van der Waals surface area (Å²) in [6.07, 6.45) is 0. The zero-order valence-corrected chi connectivity index (χ0v) is 15.3. The zero-order valence-electron chi connectivity index (χ0n) is 14.5. The number of ketones is 1. The number of halogens is 1. The Morgan fingerprint density at radius 1 is 1.12 bits per heavy atom. The third-order valence-electron chi connectivity index (χ3n) is 4.78. The Morgan fingerprint density at radius 2 is 1.71 bits per heavy atom. The van der Waals surface area contributed by atoms with E-state index in [2.05, 4.69) is 0 Å². The molecule has 0 spiro atoms. The highest BCUT2D eigenvalue weighted by Gasteiger charge is 2.44. The van der Waals surface area contributed by atoms with Crippen LogP contribution in [0.15, 0.2) is 46.7 Å². The molecular weight excluding hydrogens is 328 g/mol. The smallest absolute Gasteiger partial charge is 0.326 e. The number of allylic oxidation sites excluding steroid dienone is 3. The number of rotatable bonds is 4. The lowest BCUT2D eigenvalue weighted by atomic mass is 9.67. The molecule has 0 saturated heterocycles. The fourth-order valence-electron chi connectivity index (χ4n) is 2.96. The van der Waals surface area contributed by atoms with Gasteiger partial charge in [-0.1, -0.05) is 12.1 Å². The predicted molar refractivity (Wildman–Crippen MR) is 93.2 cm³/mol. The van der Waals surface area contributed by atoms with Gasteiger partial charge in [0, 0.05) is 0 Å². The van der Waals surface area contributed by atoms with Gasteiger partial charge in [0.1, 0.15) is 17.4 Å². The van der Waals surface area contributed by atoms with Gasteiger partial charge in [-0.2, -0.15) is 0 Å². The lowest BCUT2D eigenvalue weighted by Gasteiger charge is -2.36. The Bertz CT molecular complexity index is 743. The van der Waals surface area contributed by atoms with Crippen LogP contribution < -0.4 is 4.74 Å². The maximum Gasteiger partial charge on any atom is 0.326 e. The molecule has 1 atom stereocenters. The van der Waals surface area contributed by atoms with E-state index < -0.39 is 11.4 Å². The number of hydrogen-bond acceptors (Lipinski definition) is 4. The van der Waals surface area contributed by atoms with Crippen molar-refractivity contribution in [3.05, 3.63) is 52.3 Å². The molecular formula is C19H21ClO4. The van der Waals surface area contributed by atoms with Crippen LogP contribution in [0.3, 0.4) is 0 Å². The normalized spacial score (nSPS) is 21.2. The van der Waals surface area contributed by atoms with Gasteiger partial charge >= 0.3 is 5.97 Å². The minimum absolute atomic E-state index is 0.00617. The third-order valence-corrected chi connectivity index (χ3v) is 5.00. The highest BCUT2D eigenvalue weighted by molar-refractivity contribution is 6.26. The van der Waals surface area contributed by atoms with Gasteiger partial charge in [-0.25, -0.2) is 0 Å². The van der Waals surface area contributed by atoms with Crippen molar-refractivity contribution in [2.45, 2.75) is 33.1 Å². The van der Waals surface area contributed by atoms with Crippen LogP contribution in [0.1, 0.15) is 33.3 Å². The number of esters is 1. The summed E-state index contributed by atoms with van der Waals surface area (Å²) in [7, 11) is 1.59. The van der Waals surface area contributed by atoms with Crippen LogP contribution in [0.5, 0.6) is 5.75 Å².